The number of alkyl carbamates (subject to hydrolysis) is 1. The van der Waals surface area contributed by atoms with Crippen LogP contribution in [0.15, 0.2) is 47.3 Å². The highest BCUT2D eigenvalue weighted by Crippen LogP contribution is 2.49. The summed E-state index contributed by atoms with van der Waals surface area (Å²) in [5.41, 5.74) is 5.71. The van der Waals surface area contributed by atoms with Gasteiger partial charge in [0.1, 0.15) is 30.0 Å². The number of amides is 2. The van der Waals surface area contributed by atoms with Gasteiger partial charge in [0.2, 0.25) is 0 Å². The minimum atomic E-state index is -4.89. The van der Waals surface area contributed by atoms with Crippen molar-refractivity contribution in [2.24, 2.45) is 5.41 Å². The van der Waals surface area contributed by atoms with Gasteiger partial charge in [-0.05, 0) is 114 Å². The summed E-state index contributed by atoms with van der Waals surface area (Å²) >= 11 is 0. The number of esters is 1. The van der Waals surface area contributed by atoms with Gasteiger partial charge in [-0.1, -0.05) is 39.0 Å². The van der Waals surface area contributed by atoms with E-state index in [0.29, 0.717) is 59.5 Å². The zero-order chi connectivity index (χ0) is 50.1. The Balaban J connectivity index is 0.726. The molecule has 2 atom stereocenters. The summed E-state index contributed by atoms with van der Waals surface area (Å²) in [5.74, 6) is -2.46. The summed E-state index contributed by atoms with van der Waals surface area (Å²) in [6, 6.07) is 11.3. The van der Waals surface area contributed by atoms with Crippen LogP contribution in [-0.2, 0) is 63.6 Å². The topological polar surface area (TPSA) is 230 Å². The lowest BCUT2D eigenvalue weighted by Crippen LogP contribution is -2.57. The lowest BCUT2D eigenvalue weighted by Gasteiger charge is -2.53. The van der Waals surface area contributed by atoms with Crippen LogP contribution in [0.2, 0.25) is 0 Å². The van der Waals surface area contributed by atoms with E-state index in [9.17, 15) is 43.7 Å². The number of aliphatic hydroxyl groups is 1. The van der Waals surface area contributed by atoms with Crippen LogP contribution in [0.4, 0.5) is 9.18 Å². The molecule has 6 heterocycles. The zero-order valence-corrected chi connectivity index (χ0v) is 40.7. The monoisotopic (exact) mass is 991 g/mol. The summed E-state index contributed by atoms with van der Waals surface area (Å²) < 4.78 is 44.7. The molecular formula is C52H55FN5O12P. The zero-order valence-electron chi connectivity index (χ0n) is 39.8. The van der Waals surface area contributed by atoms with Crippen LogP contribution in [0, 0.1) is 18.2 Å². The quantitative estimate of drug-likeness (QED) is 0.0717. The Morgan fingerprint density at radius 2 is 1.75 bits per heavy atom. The van der Waals surface area contributed by atoms with Gasteiger partial charge in [-0.25, -0.2) is 23.5 Å². The third-order valence-corrected chi connectivity index (χ3v) is 16.4. The molecule has 2 aromatic heterocycles. The molecule has 3 aromatic carbocycles. The van der Waals surface area contributed by atoms with Crippen molar-refractivity contribution in [2.75, 3.05) is 13.1 Å². The Morgan fingerprint density at radius 3 is 2.46 bits per heavy atom. The molecule has 2 aliphatic carbocycles. The number of benzene rings is 3. The first kappa shape index (κ1) is 47.2. The highest BCUT2D eigenvalue weighted by atomic mass is 31.2. The fourth-order valence-electron chi connectivity index (χ4n) is 12.2. The number of cyclic esters (lactones) is 1. The van der Waals surface area contributed by atoms with Crippen LogP contribution in [0.5, 0.6) is 11.5 Å². The van der Waals surface area contributed by atoms with Crippen molar-refractivity contribution in [1.82, 2.24) is 24.7 Å². The highest BCUT2D eigenvalue weighted by molar-refractivity contribution is 7.46. The highest BCUT2D eigenvalue weighted by Gasteiger charge is 2.48. The maximum atomic E-state index is 15.4. The number of rotatable bonds is 9. The van der Waals surface area contributed by atoms with E-state index in [1.54, 1.807) is 43.2 Å². The number of hydrogen-bond acceptors (Lipinski definition) is 12. The third kappa shape index (κ3) is 7.98. The predicted molar refractivity (Wildman–Crippen MR) is 255 cm³/mol. The van der Waals surface area contributed by atoms with Gasteiger partial charge in [-0.15, -0.1) is 0 Å². The van der Waals surface area contributed by atoms with E-state index in [4.69, 9.17) is 19.0 Å². The molecule has 0 radical (unpaired) electrons. The third-order valence-electron chi connectivity index (χ3n) is 15.9. The minimum Gasteiger partial charge on any atom is -0.507 e. The van der Waals surface area contributed by atoms with Gasteiger partial charge in [-0.2, -0.15) is 0 Å². The molecule has 2 fully saturated rings. The molecule has 0 unspecified atom stereocenters. The molecule has 71 heavy (non-hydrogen) atoms. The van der Waals surface area contributed by atoms with Gasteiger partial charge in [0.25, 0.3) is 11.5 Å². The van der Waals surface area contributed by atoms with E-state index < -0.39 is 54.6 Å². The number of phosphoric ester groups is 1. The SMILES string of the molecule is CC[C@@]1(O)C(=O)OCc2c1cc1n(c2=O)Cc2c-1nc1cc(F)c(C)c3c1c2[C@@H](NC(=O)OC1CCC2(CC1)CN(Cc1ccc4c(c1)CN(C(=O)c1cc(C(C)C)c(OP(=O)(O)O)cc1O)C4)C2)CC3. The first-order chi connectivity index (χ1) is 33.7. The van der Waals surface area contributed by atoms with E-state index in [2.05, 4.69) is 22.3 Å². The number of pyridine rings is 2. The molecular weight excluding hydrogens is 937 g/mol. The standard InChI is InChI=1S/C52H55FN5O12P/c1-5-52(64)37-16-41-46-35(22-58(41)48(61)36(37)23-68-49(52)62)45-39(9-8-32-27(4)38(53)17-40(54-46)44(32)45)55-50(63)69-31-10-12-51(13-11-31)24-56(25-51)19-28-6-7-29-20-57(21-30(29)14-28)47(60)34-15-33(26(2)3)43(18-42(34)59)70-71(65,66)67/h6-7,14-18,26,31,39,59,64H,5,8-13,19-25H2,1-4H3,(H,55,63)(H2,65,66,67)/t39-,52-/m0/s1. The number of hydrogen-bond donors (Lipinski definition) is 5. The lowest BCUT2D eigenvalue weighted by molar-refractivity contribution is -0.172. The van der Waals surface area contributed by atoms with Crippen LogP contribution in [0.25, 0.3) is 22.3 Å². The molecule has 372 valence electrons. The Morgan fingerprint density at radius 1 is 1.00 bits per heavy atom. The van der Waals surface area contributed by atoms with Crippen molar-refractivity contribution < 1.29 is 57.3 Å². The Labute approximate surface area is 407 Å². The maximum absolute atomic E-state index is 15.4. The molecule has 1 saturated carbocycles. The van der Waals surface area contributed by atoms with Gasteiger partial charge in [0.05, 0.1) is 40.6 Å². The number of nitrogens with one attached hydrogen (secondary N) is 1. The number of aromatic nitrogens is 2. The second-order valence-corrected chi connectivity index (χ2v) is 21.9. The Kier molecular flexibility index (Phi) is 11.3. The average Bonchev–Trinajstić information content (AvgIpc) is 3.91. The first-order valence-electron chi connectivity index (χ1n) is 24.3. The van der Waals surface area contributed by atoms with Crippen LogP contribution in [-0.4, -0.2) is 76.5 Å². The summed E-state index contributed by atoms with van der Waals surface area (Å²) in [7, 11) is -4.89. The molecule has 5 aromatic rings. The van der Waals surface area contributed by atoms with E-state index in [1.807, 2.05) is 6.07 Å². The second kappa shape index (κ2) is 17.0. The number of nitrogens with zero attached hydrogens (tertiary/aromatic N) is 4. The Bertz CT molecular complexity index is 3240. The van der Waals surface area contributed by atoms with Crippen molar-refractivity contribution in [3.05, 3.63) is 120 Å². The summed E-state index contributed by atoms with van der Waals surface area (Å²) in [6.07, 6.45) is 3.40. The summed E-state index contributed by atoms with van der Waals surface area (Å²) in [6.45, 7) is 10.1. The normalized spacial score (nSPS) is 21.1. The van der Waals surface area contributed by atoms with E-state index in [1.165, 1.54) is 12.1 Å². The van der Waals surface area contributed by atoms with Gasteiger partial charge >= 0.3 is 19.9 Å². The van der Waals surface area contributed by atoms with Crippen molar-refractivity contribution in [1.29, 1.82) is 0 Å². The molecule has 1 saturated heterocycles. The average molecular weight is 992 g/mol. The number of halogens is 1. The summed E-state index contributed by atoms with van der Waals surface area (Å²) in [5, 5.41) is 26.1. The second-order valence-electron chi connectivity index (χ2n) is 20.7. The number of carbonyl (C=O) groups excluding carboxylic acids is 3. The number of ether oxygens (including phenoxy) is 2. The number of phenolic OH excluding ortho intramolecular Hbond substituents is 1. The van der Waals surface area contributed by atoms with Crippen molar-refractivity contribution >= 4 is 36.7 Å². The van der Waals surface area contributed by atoms with Gasteiger partial charge < -0.3 is 39.0 Å². The van der Waals surface area contributed by atoms with Crippen LogP contribution in [0.3, 0.4) is 0 Å². The summed E-state index contributed by atoms with van der Waals surface area (Å²) in [4.78, 5) is 82.0. The van der Waals surface area contributed by atoms with E-state index >= 15 is 4.39 Å². The lowest BCUT2D eigenvalue weighted by atomic mass is 9.68. The minimum absolute atomic E-state index is 0.00309. The van der Waals surface area contributed by atoms with Gasteiger partial charge in [-0.3, -0.25) is 24.3 Å². The predicted octanol–water partition coefficient (Wildman–Crippen LogP) is 7.14. The molecule has 0 bridgehead atoms. The maximum Gasteiger partial charge on any atom is 0.524 e. The van der Waals surface area contributed by atoms with Crippen molar-refractivity contribution in [2.45, 2.75) is 129 Å². The van der Waals surface area contributed by atoms with Crippen molar-refractivity contribution in [3.8, 4) is 22.9 Å². The molecule has 19 heteroatoms. The molecule has 1 spiro atoms. The van der Waals surface area contributed by atoms with Crippen LogP contribution < -0.4 is 15.4 Å². The van der Waals surface area contributed by atoms with Gasteiger partial charge in [0, 0.05) is 61.4 Å². The van der Waals surface area contributed by atoms with E-state index in [0.717, 1.165) is 84.6 Å². The fourth-order valence-corrected chi connectivity index (χ4v) is 12.6. The number of carbonyl (C=O) groups is 3. The van der Waals surface area contributed by atoms with Gasteiger partial charge in [0.15, 0.2) is 5.60 Å². The molecule has 5 N–H and O–H groups in total. The number of fused-ring (bicyclic) bond motifs is 6. The molecule has 11 rings (SSSR count). The number of phosphoric acid groups is 1. The number of phenols is 1. The molecule has 2 amide bonds. The molecule has 4 aliphatic heterocycles. The van der Waals surface area contributed by atoms with E-state index in [-0.39, 0.29) is 59.4 Å². The number of aryl methyl sites for hydroxylation is 1. The number of aromatic hydroxyl groups is 1. The molecule has 17 nitrogen and oxygen atoms in total. The first-order valence-corrected chi connectivity index (χ1v) is 25.8. The van der Waals surface area contributed by atoms with Crippen LogP contribution >= 0.6 is 7.82 Å². The number of likely N-dealkylation sites (tertiary alicyclic amines) is 1. The van der Waals surface area contributed by atoms with Crippen molar-refractivity contribution in [3.63, 3.8) is 0 Å². The fraction of sp³-hybridized carbons (Fsp3) is 0.442. The largest absolute Gasteiger partial charge is 0.524 e. The molecule has 6 aliphatic rings. The van der Waals surface area contributed by atoms with Crippen LogP contribution in [0.1, 0.15) is 137 Å². The smallest absolute Gasteiger partial charge is 0.507 e. The Hall–Kier alpha value is -6.17.